The average molecular weight is 420 g/mol. The fourth-order valence-electron chi connectivity index (χ4n) is 2.56. The van der Waals surface area contributed by atoms with Crippen molar-refractivity contribution in [1.82, 2.24) is 20.9 Å². The number of benzene rings is 1. The number of aliphatic imine (C=N–C) groups is 1. The van der Waals surface area contributed by atoms with Crippen LogP contribution in [0.1, 0.15) is 50.0 Å². The molecule has 0 radical (unpaired) electrons. The van der Waals surface area contributed by atoms with Crippen LogP contribution in [-0.4, -0.2) is 68.7 Å². The van der Waals surface area contributed by atoms with E-state index in [0.717, 1.165) is 24.5 Å². The minimum atomic E-state index is -0.496. The molecule has 0 aliphatic carbocycles. The summed E-state index contributed by atoms with van der Waals surface area (Å²) in [6.07, 6.45) is 1.08. The van der Waals surface area contributed by atoms with Gasteiger partial charge in [-0.05, 0) is 58.2 Å². The SMILES string of the molecule is CCNC(=NCCCNC(=O)OC(C)(C)C)NCCc1cccc(C(=O)N(C)C)c1. The lowest BCUT2D eigenvalue weighted by Gasteiger charge is -2.19. The number of carbonyl (C=O) groups excluding carboxylic acids is 2. The molecule has 2 amide bonds. The maximum absolute atomic E-state index is 12.1. The molecule has 0 aliphatic rings. The normalized spacial score (nSPS) is 11.6. The van der Waals surface area contributed by atoms with Gasteiger partial charge in [0.15, 0.2) is 5.96 Å². The highest BCUT2D eigenvalue weighted by molar-refractivity contribution is 5.94. The maximum Gasteiger partial charge on any atom is 0.407 e. The van der Waals surface area contributed by atoms with Crippen LogP contribution in [0, 0.1) is 0 Å². The van der Waals surface area contributed by atoms with Crippen LogP contribution in [0.3, 0.4) is 0 Å². The van der Waals surface area contributed by atoms with Crippen LogP contribution in [0.5, 0.6) is 0 Å². The number of hydrogen-bond donors (Lipinski definition) is 3. The van der Waals surface area contributed by atoms with Crippen molar-refractivity contribution in [3.63, 3.8) is 0 Å². The molecule has 1 rings (SSSR count). The third-order valence-electron chi connectivity index (χ3n) is 3.90. The van der Waals surface area contributed by atoms with Crippen molar-refractivity contribution in [2.24, 2.45) is 4.99 Å². The second-order valence-corrected chi connectivity index (χ2v) is 8.12. The summed E-state index contributed by atoms with van der Waals surface area (Å²) >= 11 is 0. The standard InChI is InChI=1S/C22H37N5O3/c1-7-23-20(24-13-9-14-26-21(29)30-22(2,3)4)25-15-12-17-10-8-11-18(16-17)19(28)27(5)6/h8,10-11,16H,7,9,12-15H2,1-6H3,(H,26,29)(H2,23,24,25). The van der Waals surface area contributed by atoms with Crippen molar-refractivity contribution in [3.8, 4) is 0 Å². The third-order valence-corrected chi connectivity index (χ3v) is 3.90. The van der Waals surface area contributed by atoms with E-state index in [1.807, 2.05) is 52.0 Å². The van der Waals surface area contributed by atoms with Gasteiger partial charge < -0.3 is 25.6 Å². The second-order valence-electron chi connectivity index (χ2n) is 8.12. The highest BCUT2D eigenvalue weighted by Crippen LogP contribution is 2.08. The van der Waals surface area contributed by atoms with E-state index >= 15 is 0 Å². The van der Waals surface area contributed by atoms with Crippen LogP contribution in [0.4, 0.5) is 4.79 Å². The van der Waals surface area contributed by atoms with Gasteiger partial charge >= 0.3 is 6.09 Å². The number of nitrogens with zero attached hydrogens (tertiary/aromatic N) is 2. The fraction of sp³-hybridized carbons (Fsp3) is 0.591. The first-order chi connectivity index (χ1) is 14.1. The van der Waals surface area contributed by atoms with Gasteiger partial charge in [0, 0.05) is 45.8 Å². The number of alkyl carbamates (subject to hydrolysis) is 1. The lowest BCUT2D eigenvalue weighted by molar-refractivity contribution is 0.0527. The van der Waals surface area contributed by atoms with Gasteiger partial charge in [-0.15, -0.1) is 0 Å². The van der Waals surface area contributed by atoms with Gasteiger partial charge in [-0.2, -0.15) is 0 Å². The number of amides is 2. The van der Waals surface area contributed by atoms with Gasteiger partial charge in [0.1, 0.15) is 5.60 Å². The summed E-state index contributed by atoms with van der Waals surface area (Å²) in [4.78, 5) is 29.8. The molecule has 0 unspecified atom stereocenters. The molecule has 0 spiro atoms. The van der Waals surface area contributed by atoms with Gasteiger partial charge in [-0.3, -0.25) is 9.79 Å². The first-order valence-corrected chi connectivity index (χ1v) is 10.4. The van der Waals surface area contributed by atoms with Crippen LogP contribution in [0.15, 0.2) is 29.3 Å². The summed E-state index contributed by atoms with van der Waals surface area (Å²) in [6.45, 7) is 10.1. The second kappa shape index (κ2) is 12.7. The zero-order chi connectivity index (χ0) is 22.6. The highest BCUT2D eigenvalue weighted by atomic mass is 16.6. The molecule has 30 heavy (non-hydrogen) atoms. The van der Waals surface area contributed by atoms with E-state index in [-0.39, 0.29) is 5.91 Å². The Bertz CT molecular complexity index is 711. The Morgan fingerprint density at radius 3 is 2.47 bits per heavy atom. The van der Waals surface area contributed by atoms with E-state index < -0.39 is 11.7 Å². The van der Waals surface area contributed by atoms with Crippen molar-refractivity contribution in [2.45, 2.75) is 46.1 Å². The first kappa shape index (κ1) is 25.3. The van der Waals surface area contributed by atoms with Gasteiger partial charge in [0.25, 0.3) is 5.91 Å². The lowest BCUT2D eigenvalue weighted by Crippen LogP contribution is -2.38. The van der Waals surface area contributed by atoms with Crippen molar-refractivity contribution in [1.29, 1.82) is 0 Å². The molecule has 8 heteroatoms. The molecule has 0 atom stereocenters. The molecular weight excluding hydrogens is 382 g/mol. The van der Waals surface area contributed by atoms with E-state index in [2.05, 4.69) is 20.9 Å². The third kappa shape index (κ3) is 10.7. The summed E-state index contributed by atoms with van der Waals surface area (Å²) in [5.41, 5.74) is 1.28. The van der Waals surface area contributed by atoms with Crippen molar-refractivity contribution in [3.05, 3.63) is 35.4 Å². The molecule has 0 aliphatic heterocycles. The van der Waals surface area contributed by atoms with Crippen LogP contribution in [-0.2, 0) is 11.2 Å². The van der Waals surface area contributed by atoms with Crippen LogP contribution in [0.25, 0.3) is 0 Å². The molecule has 1 aromatic carbocycles. The highest BCUT2D eigenvalue weighted by Gasteiger charge is 2.15. The summed E-state index contributed by atoms with van der Waals surface area (Å²) in [7, 11) is 3.50. The smallest absolute Gasteiger partial charge is 0.407 e. The Hall–Kier alpha value is -2.77. The number of guanidine groups is 1. The monoisotopic (exact) mass is 419 g/mol. The first-order valence-electron chi connectivity index (χ1n) is 10.4. The zero-order valence-corrected chi connectivity index (χ0v) is 19.2. The molecule has 0 bridgehead atoms. The number of nitrogens with one attached hydrogen (secondary N) is 3. The van der Waals surface area contributed by atoms with Crippen molar-refractivity contribution >= 4 is 18.0 Å². The molecule has 8 nitrogen and oxygen atoms in total. The van der Waals surface area contributed by atoms with E-state index in [0.29, 0.717) is 31.6 Å². The molecule has 3 N–H and O–H groups in total. The zero-order valence-electron chi connectivity index (χ0n) is 19.2. The quantitative estimate of drug-likeness (QED) is 0.325. The van der Waals surface area contributed by atoms with Gasteiger partial charge in [-0.25, -0.2) is 4.79 Å². The Labute approximate surface area is 180 Å². The predicted octanol–water partition coefficient (Wildman–Crippen LogP) is 2.40. The summed E-state index contributed by atoms with van der Waals surface area (Å²) < 4.78 is 5.20. The predicted molar refractivity (Wildman–Crippen MR) is 121 cm³/mol. The van der Waals surface area contributed by atoms with E-state index in [1.54, 1.807) is 19.0 Å². The largest absolute Gasteiger partial charge is 0.444 e. The van der Waals surface area contributed by atoms with Crippen LogP contribution < -0.4 is 16.0 Å². The van der Waals surface area contributed by atoms with Crippen molar-refractivity contribution < 1.29 is 14.3 Å². The van der Waals surface area contributed by atoms with E-state index in [9.17, 15) is 9.59 Å². The molecule has 0 saturated heterocycles. The fourth-order valence-corrected chi connectivity index (χ4v) is 2.56. The number of rotatable bonds is 9. The minimum Gasteiger partial charge on any atom is -0.444 e. The molecule has 0 aromatic heterocycles. The van der Waals surface area contributed by atoms with Crippen LogP contribution in [0.2, 0.25) is 0 Å². The Morgan fingerprint density at radius 2 is 1.83 bits per heavy atom. The lowest BCUT2D eigenvalue weighted by atomic mass is 10.1. The van der Waals surface area contributed by atoms with Crippen molar-refractivity contribution in [2.75, 3.05) is 40.3 Å². The number of hydrogen-bond acceptors (Lipinski definition) is 4. The maximum atomic E-state index is 12.1. The van der Waals surface area contributed by atoms with E-state index in [1.165, 1.54) is 0 Å². The molecule has 0 heterocycles. The summed E-state index contributed by atoms with van der Waals surface area (Å²) in [5.74, 6) is 0.731. The number of ether oxygens (including phenoxy) is 1. The Kier molecular flexibility index (Phi) is 10.7. The molecule has 0 saturated carbocycles. The molecular formula is C22H37N5O3. The Morgan fingerprint density at radius 1 is 1.10 bits per heavy atom. The van der Waals surface area contributed by atoms with Gasteiger partial charge in [0.2, 0.25) is 0 Å². The molecule has 168 valence electrons. The minimum absolute atomic E-state index is 0.000276. The topological polar surface area (TPSA) is 95.1 Å². The number of carbonyl (C=O) groups is 2. The summed E-state index contributed by atoms with van der Waals surface area (Å²) in [6, 6.07) is 7.68. The van der Waals surface area contributed by atoms with Crippen LogP contribution >= 0.6 is 0 Å². The molecule has 0 fully saturated rings. The van der Waals surface area contributed by atoms with Gasteiger partial charge in [-0.1, -0.05) is 12.1 Å². The Balaban J connectivity index is 2.42. The average Bonchev–Trinajstić information content (AvgIpc) is 2.65. The van der Waals surface area contributed by atoms with E-state index in [4.69, 9.17) is 4.74 Å². The summed E-state index contributed by atoms with van der Waals surface area (Å²) in [5, 5.41) is 9.24. The molecule has 1 aromatic rings. The van der Waals surface area contributed by atoms with Gasteiger partial charge in [0.05, 0.1) is 0 Å².